The van der Waals surface area contributed by atoms with E-state index in [4.69, 9.17) is 9.47 Å². The van der Waals surface area contributed by atoms with Crippen LogP contribution in [-0.2, 0) is 16.9 Å². The number of halogens is 1. The van der Waals surface area contributed by atoms with Crippen molar-refractivity contribution in [2.24, 2.45) is 7.05 Å². The van der Waals surface area contributed by atoms with E-state index in [9.17, 15) is 17.6 Å². The van der Waals surface area contributed by atoms with E-state index in [1.807, 2.05) is 6.92 Å². The lowest BCUT2D eigenvalue weighted by Gasteiger charge is -2.28. The molecule has 0 N–H and O–H groups in total. The number of rotatable bonds is 5. The van der Waals surface area contributed by atoms with E-state index < -0.39 is 27.4 Å². The monoisotopic (exact) mass is 420 g/mol. The van der Waals surface area contributed by atoms with Crippen molar-refractivity contribution < 1.29 is 22.3 Å². The minimum absolute atomic E-state index is 0.270. The molecular formula is C20H21FN2O5S. The molecule has 2 aromatic carbocycles. The lowest BCUT2D eigenvalue weighted by atomic mass is 9.90. The molecule has 0 spiro atoms. The highest BCUT2D eigenvalue weighted by Gasteiger charge is 2.34. The largest absolute Gasteiger partial charge is 0.493 e. The van der Waals surface area contributed by atoms with Gasteiger partial charge >= 0.3 is 5.69 Å². The van der Waals surface area contributed by atoms with Gasteiger partial charge in [0.25, 0.3) is 0 Å². The Morgan fingerprint density at radius 3 is 2.48 bits per heavy atom. The number of aromatic nitrogens is 2. The Bertz CT molecular complexity index is 1310. The molecule has 0 saturated heterocycles. The topological polar surface area (TPSA) is 79.5 Å². The molecule has 0 aliphatic carbocycles. The van der Waals surface area contributed by atoms with Crippen LogP contribution in [0.5, 0.6) is 11.5 Å². The quantitative estimate of drug-likeness (QED) is 0.634. The Hall–Kier alpha value is -2.81. The second kappa shape index (κ2) is 6.62. The van der Waals surface area contributed by atoms with Crippen molar-refractivity contribution in [2.75, 3.05) is 25.7 Å². The average Bonchev–Trinajstić information content (AvgIpc) is 2.89. The third kappa shape index (κ3) is 3.00. The molecule has 9 heteroatoms. The van der Waals surface area contributed by atoms with Gasteiger partial charge in [-0.1, -0.05) is 0 Å². The van der Waals surface area contributed by atoms with E-state index in [0.29, 0.717) is 45.8 Å². The standard InChI is InChI=1S/C20H21FN2O5S/c1-5-28-18-9-13-12(8-17(18)27-3)14-6-11(21)7-15-19(14)23(20(24)22(15)2)16(13)10-29(4,25)26/h6-9,16H,5,10H2,1-4H3. The van der Waals surface area contributed by atoms with Crippen molar-refractivity contribution in [3.8, 4) is 22.6 Å². The highest BCUT2D eigenvalue weighted by molar-refractivity contribution is 7.90. The van der Waals surface area contributed by atoms with Gasteiger partial charge in [0.15, 0.2) is 11.5 Å². The highest BCUT2D eigenvalue weighted by Crippen LogP contribution is 2.46. The van der Waals surface area contributed by atoms with Crippen molar-refractivity contribution in [3.05, 3.63) is 46.1 Å². The van der Waals surface area contributed by atoms with Crippen LogP contribution in [-0.4, -0.2) is 43.3 Å². The maximum absolute atomic E-state index is 14.4. The summed E-state index contributed by atoms with van der Waals surface area (Å²) in [5.74, 6) is 0.133. The first kappa shape index (κ1) is 19.5. The normalized spacial score (nSPS) is 15.4. The number of methoxy groups -OCH3 is 1. The van der Waals surface area contributed by atoms with Gasteiger partial charge in [0.1, 0.15) is 15.7 Å². The fourth-order valence-corrected chi connectivity index (χ4v) is 4.95. The zero-order chi connectivity index (χ0) is 21.1. The molecule has 1 aromatic heterocycles. The predicted molar refractivity (Wildman–Crippen MR) is 108 cm³/mol. The summed E-state index contributed by atoms with van der Waals surface area (Å²) >= 11 is 0. The minimum atomic E-state index is -3.44. The van der Waals surface area contributed by atoms with Crippen LogP contribution in [0.2, 0.25) is 0 Å². The van der Waals surface area contributed by atoms with Crippen LogP contribution in [0.1, 0.15) is 18.5 Å². The van der Waals surface area contributed by atoms with E-state index in [1.54, 1.807) is 19.2 Å². The summed E-state index contributed by atoms with van der Waals surface area (Å²) in [6.07, 6.45) is 1.13. The molecule has 1 atom stereocenters. The van der Waals surface area contributed by atoms with Crippen LogP contribution < -0.4 is 15.2 Å². The van der Waals surface area contributed by atoms with Gasteiger partial charge in [-0.3, -0.25) is 9.13 Å². The number of fused-ring (bicyclic) bond motifs is 2. The molecular weight excluding hydrogens is 399 g/mol. The molecule has 2 heterocycles. The zero-order valence-electron chi connectivity index (χ0n) is 16.5. The highest BCUT2D eigenvalue weighted by atomic mass is 32.2. The molecule has 0 bridgehead atoms. The van der Waals surface area contributed by atoms with Gasteiger partial charge in [-0.15, -0.1) is 0 Å². The van der Waals surface area contributed by atoms with Gasteiger partial charge < -0.3 is 9.47 Å². The van der Waals surface area contributed by atoms with Crippen molar-refractivity contribution in [1.29, 1.82) is 0 Å². The molecule has 7 nitrogen and oxygen atoms in total. The fourth-order valence-electron chi connectivity index (χ4n) is 4.05. The number of hydrogen-bond acceptors (Lipinski definition) is 5. The van der Waals surface area contributed by atoms with Crippen LogP contribution >= 0.6 is 0 Å². The van der Waals surface area contributed by atoms with Gasteiger partial charge in [0, 0.05) is 18.9 Å². The molecule has 1 unspecified atom stereocenters. The van der Waals surface area contributed by atoms with Crippen LogP contribution in [0, 0.1) is 5.82 Å². The summed E-state index contributed by atoms with van der Waals surface area (Å²) in [7, 11) is -0.391. The number of benzene rings is 2. The van der Waals surface area contributed by atoms with Crippen LogP contribution in [0.3, 0.4) is 0 Å². The lowest BCUT2D eigenvalue weighted by molar-refractivity contribution is 0.310. The number of hydrogen-bond donors (Lipinski definition) is 0. The van der Waals surface area contributed by atoms with Crippen molar-refractivity contribution in [2.45, 2.75) is 13.0 Å². The Morgan fingerprint density at radius 2 is 1.86 bits per heavy atom. The van der Waals surface area contributed by atoms with Crippen LogP contribution in [0.4, 0.5) is 4.39 Å². The zero-order valence-corrected chi connectivity index (χ0v) is 17.3. The number of imidazole rings is 1. The van der Waals surface area contributed by atoms with Crippen LogP contribution in [0.15, 0.2) is 29.1 Å². The summed E-state index contributed by atoms with van der Waals surface area (Å²) in [6, 6.07) is 5.27. The summed E-state index contributed by atoms with van der Waals surface area (Å²) in [4.78, 5) is 13.0. The third-order valence-corrected chi connectivity index (χ3v) is 6.13. The maximum atomic E-state index is 14.4. The third-order valence-electron chi connectivity index (χ3n) is 5.21. The maximum Gasteiger partial charge on any atom is 0.329 e. The van der Waals surface area contributed by atoms with Gasteiger partial charge in [-0.05, 0) is 42.3 Å². The average molecular weight is 420 g/mol. The lowest BCUT2D eigenvalue weighted by Crippen LogP contribution is -2.32. The first-order valence-electron chi connectivity index (χ1n) is 9.09. The minimum Gasteiger partial charge on any atom is -0.493 e. The Balaban J connectivity index is 2.16. The second-order valence-electron chi connectivity index (χ2n) is 7.16. The van der Waals surface area contributed by atoms with Crippen molar-refractivity contribution in [1.82, 2.24) is 9.13 Å². The van der Waals surface area contributed by atoms with Crippen LogP contribution in [0.25, 0.3) is 22.2 Å². The number of nitrogens with zero attached hydrogens (tertiary/aromatic N) is 2. The molecule has 3 aromatic rings. The number of ether oxygens (including phenoxy) is 2. The van der Waals surface area contributed by atoms with Crippen molar-refractivity contribution >= 4 is 20.9 Å². The molecule has 1 aliphatic heterocycles. The molecule has 0 radical (unpaired) electrons. The molecule has 4 rings (SSSR count). The fraction of sp³-hybridized carbons (Fsp3) is 0.350. The second-order valence-corrected chi connectivity index (χ2v) is 9.35. The van der Waals surface area contributed by atoms with E-state index in [-0.39, 0.29) is 5.75 Å². The summed E-state index contributed by atoms with van der Waals surface area (Å²) in [5, 5.41) is 0. The predicted octanol–water partition coefficient (Wildman–Crippen LogP) is 2.50. The Labute approximate surface area is 167 Å². The summed E-state index contributed by atoms with van der Waals surface area (Å²) in [5.41, 5.74) is 2.22. The molecule has 29 heavy (non-hydrogen) atoms. The molecule has 0 amide bonds. The molecule has 154 valence electrons. The van der Waals surface area contributed by atoms with Gasteiger partial charge in [-0.2, -0.15) is 0 Å². The van der Waals surface area contributed by atoms with E-state index in [2.05, 4.69) is 0 Å². The smallest absolute Gasteiger partial charge is 0.329 e. The van der Waals surface area contributed by atoms with E-state index in [0.717, 1.165) is 6.26 Å². The van der Waals surface area contributed by atoms with Gasteiger partial charge in [0.2, 0.25) is 0 Å². The first-order chi connectivity index (χ1) is 13.7. The molecule has 0 saturated carbocycles. The Morgan fingerprint density at radius 1 is 1.14 bits per heavy atom. The van der Waals surface area contributed by atoms with Crippen molar-refractivity contribution in [3.63, 3.8) is 0 Å². The Kier molecular flexibility index (Phi) is 4.45. The number of aryl methyl sites for hydroxylation is 1. The van der Waals surface area contributed by atoms with E-state index >= 15 is 0 Å². The van der Waals surface area contributed by atoms with Gasteiger partial charge in [-0.25, -0.2) is 17.6 Å². The summed E-state index contributed by atoms with van der Waals surface area (Å²) in [6.45, 7) is 2.20. The summed E-state index contributed by atoms with van der Waals surface area (Å²) < 4.78 is 52.7. The molecule has 1 aliphatic rings. The number of sulfone groups is 1. The van der Waals surface area contributed by atoms with Gasteiger partial charge in [0.05, 0.1) is 36.5 Å². The molecule has 0 fully saturated rings. The first-order valence-corrected chi connectivity index (χ1v) is 11.2. The van der Waals surface area contributed by atoms with E-state index in [1.165, 1.54) is 28.4 Å². The SMILES string of the molecule is CCOc1cc2c(cc1OC)-c1cc(F)cc3c1n(c(=O)n3C)C2CS(C)(=O)=O.